The molecule has 9 nitrogen and oxygen atoms in total. The molecule has 2 saturated heterocycles. The Morgan fingerprint density at radius 3 is 2.71 bits per heavy atom. The summed E-state index contributed by atoms with van der Waals surface area (Å²) in [7, 11) is 3.67. The molecule has 3 rings (SSSR count). The normalized spacial score (nSPS) is 19.6. The number of cyclic esters (lactones) is 1. The van der Waals surface area contributed by atoms with Gasteiger partial charge in [0.2, 0.25) is 0 Å². The summed E-state index contributed by atoms with van der Waals surface area (Å²) in [5.74, 6) is -0.432. The fourth-order valence-electron chi connectivity index (χ4n) is 3.71. The van der Waals surface area contributed by atoms with E-state index in [1.54, 1.807) is 22.0 Å². The van der Waals surface area contributed by atoms with E-state index < -0.39 is 11.9 Å². The summed E-state index contributed by atoms with van der Waals surface area (Å²) >= 11 is 0. The minimum absolute atomic E-state index is 0.0328. The second-order valence-electron chi connectivity index (χ2n) is 8.17. The Hall–Kier alpha value is -2.72. The van der Waals surface area contributed by atoms with E-state index in [-0.39, 0.29) is 17.8 Å². The van der Waals surface area contributed by atoms with Gasteiger partial charge in [0.1, 0.15) is 17.7 Å². The van der Waals surface area contributed by atoms with E-state index in [4.69, 9.17) is 4.74 Å². The highest BCUT2D eigenvalue weighted by molar-refractivity contribution is 5.90. The molecule has 0 aromatic heterocycles. The van der Waals surface area contributed by atoms with Crippen LogP contribution in [0.1, 0.15) is 19.8 Å². The summed E-state index contributed by atoms with van der Waals surface area (Å²) in [6, 6.07) is 4.68. The van der Waals surface area contributed by atoms with Crippen LogP contribution in [-0.4, -0.2) is 87.2 Å². The zero-order valence-corrected chi connectivity index (χ0v) is 18.3. The highest BCUT2D eigenvalue weighted by Crippen LogP contribution is 2.29. The van der Waals surface area contributed by atoms with Crippen molar-refractivity contribution in [2.24, 2.45) is 0 Å². The van der Waals surface area contributed by atoms with Gasteiger partial charge < -0.3 is 19.3 Å². The maximum Gasteiger partial charge on any atom is 0.414 e. The largest absolute Gasteiger partial charge is 0.444 e. The second-order valence-corrected chi connectivity index (χ2v) is 8.17. The Morgan fingerprint density at radius 1 is 1.26 bits per heavy atom. The average molecular weight is 436 g/mol. The molecule has 1 N–H and O–H groups in total. The van der Waals surface area contributed by atoms with Crippen LogP contribution in [0.3, 0.4) is 0 Å². The number of hydrogen-bond donors (Lipinski definition) is 1. The Labute approximate surface area is 181 Å². The van der Waals surface area contributed by atoms with Gasteiger partial charge in [0.15, 0.2) is 0 Å². The molecule has 2 heterocycles. The zero-order valence-electron chi connectivity index (χ0n) is 18.3. The van der Waals surface area contributed by atoms with E-state index in [9.17, 15) is 18.8 Å². The fourth-order valence-corrected chi connectivity index (χ4v) is 3.71. The molecule has 31 heavy (non-hydrogen) atoms. The van der Waals surface area contributed by atoms with Crippen molar-refractivity contribution in [1.82, 2.24) is 15.3 Å². The summed E-state index contributed by atoms with van der Waals surface area (Å²) in [6.45, 7) is 4.07. The predicted octanol–water partition coefficient (Wildman–Crippen LogP) is 1.23. The summed E-state index contributed by atoms with van der Waals surface area (Å²) in [6.07, 6.45) is -0.103. The molecule has 0 aliphatic carbocycles. The van der Waals surface area contributed by atoms with Gasteiger partial charge >= 0.3 is 6.09 Å². The number of carbonyl (C=O) groups is 3. The lowest BCUT2D eigenvalue weighted by Crippen LogP contribution is -2.47. The molecule has 0 spiro atoms. The number of nitrogens with one attached hydrogen (secondary N) is 1. The smallest absolute Gasteiger partial charge is 0.414 e. The van der Waals surface area contributed by atoms with Crippen LogP contribution >= 0.6 is 0 Å². The molecule has 0 radical (unpaired) electrons. The lowest BCUT2D eigenvalue weighted by molar-refractivity contribution is -0.134. The Bertz CT molecular complexity index is 834. The lowest BCUT2D eigenvalue weighted by Gasteiger charge is -2.25. The van der Waals surface area contributed by atoms with Gasteiger partial charge in [-0.3, -0.25) is 14.7 Å². The first-order valence-electron chi connectivity index (χ1n) is 10.4. The van der Waals surface area contributed by atoms with Crippen LogP contribution in [0.4, 0.5) is 20.6 Å². The predicted molar refractivity (Wildman–Crippen MR) is 114 cm³/mol. The van der Waals surface area contributed by atoms with Crippen LogP contribution in [0, 0.1) is 5.82 Å². The molecule has 2 amide bonds. The van der Waals surface area contributed by atoms with Gasteiger partial charge in [-0.1, -0.05) is 0 Å². The number of benzene rings is 1. The van der Waals surface area contributed by atoms with Crippen molar-refractivity contribution < 1.29 is 23.5 Å². The quantitative estimate of drug-likeness (QED) is 0.690. The van der Waals surface area contributed by atoms with E-state index in [0.29, 0.717) is 63.5 Å². The zero-order chi connectivity index (χ0) is 22.5. The molecular formula is C21H30FN5O4. The molecule has 170 valence electrons. The first kappa shape index (κ1) is 23.0. The van der Waals surface area contributed by atoms with Gasteiger partial charge in [-0.15, -0.1) is 0 Å². The third-order valence-electron chi connectivity index (χ3n) is 5.31. The van der Waals surface area contributed by atoms with E-state index in [1.807, 2.05) is 19.0 Å². The molecule has 2 aliphatic heterocycles. The van der Waals surface area contributed by atoms with Crippen molar-refractivity contribution in [1.29, 1.82) is 0 Å². The number of ether oxygens (including phenoxy) is 1. The third-order valence-corrected chi connectivity index (χ3v) is 5.31. The number of hydrazine groups is 1. The summed E-state index contributed by atoms with van der Waals surface area (Å²) < 4.78 is 20.2. The maximum absolute atomic E-state index is 15.0. The van der Waals surface area contributed by atoms with Gasteiger partial charge in [-0.05, 0) is 45.6 Å². The van der Waals surface area contributed by atoms with Gasteiger partial charge in [-0.2, -0.15) is 0 Å². The van der Waals surface area contributed by atoms with Gasteiger partial charge in [0.25, 0.3) is 5.91 Å². The average Bonchev–Trinajstić information content (AvgIpc) is 2.91. The van der Waals surface area contributed by atoms with Crippen LogP contribution < -0.4 is 15.2 Å². The summed E-state index contributed by atoms with van der Waals surface area (Å²) in [4.78, 5) is 40.7. The van der Waals surface area contributed by atoms with Gasteiger partial charge in [-0.25, -0.2) is 14.6 Å². The molecule has 1 atom stereocenters. The van der Waals surface area contributed by atoms with Crippen LogP contribution in [0.2, 0.25) is 0 Å². The van der Waals surface area contributed by atoms with Gasteiger partial charge in [0.05, 0.1) is 31.0 Å². The minimum atomic E-state index is -0.533. The number of anilines is 2. The topological polar surface area (TPSA) is 85.4 Å². The number of rotatable bonds is 7. The molecule has 2 aliphatic rings. The number of nitrogens with zero attached hydrogens (tertiary/aromatic N) is 4. The molecule has 10 heteroatoms. The molecule has 0 unspecified atom stereocenters. The summed E-state index contributed by atoms with van der Waals surface area (Å²) in [5.41, 5.74) is 3.94. The monoisotopic (exact) mass is 435 g/mol. The van der Waals surface area contributed by atoms with Crippen molar-refractivity contribution in [3.05, 3.63) is 24.0 Å². The number of hydrogen-bond acceptors (Lipinski definition) is 7. The molecular weight excluding hydrogens is 405 g/mol. The van der Waals surface area contributed by atoms with Crippen molar-refractivity contribution in [3.8, 4) is 0 Å². The Morgan fingerprint density at radius 2 is 2.03 bits per heavy atom. The molecule has 1 aromatic carbocycles. The highest BCUT2D eigenvalue weighted by atomic mass is 19.1. The van der Waals surface area contributed by atoms with Crippen molar-refractivity contribution in [3.63, 3.8) is 0 Å². The lowest BCUT2D eigenvalue weighted by atomic mass is 10.1. The van der Waals surface area contributed by atoms with E-state index in [1.165, 1.54) is 17.9 Å². The maximum atomic E-state index is 15.0. The fraction of sp³-hybridized carbons (Fsp3) is 0.571. The van der Waals surface area contributed by atoms with Crippen molar-refractivity contribution >= 4 is 29.2 Å². The first-order chi connectivity index (χ1) is 14.7. The van der Waals surface area contributed by atoms with Gasteiger partial charge in [0, 0.05) is 26.1 Å². The molecule has 2 fully saturated rings. The number of carbonyl (C=O) groups excluding carboxylic acids is 3. The Kier molecular flexibility index (Phi) is 7.45. The van der Waals surface area contributed by atoms with E-state index >= 15 is 0 Å². The number of amides is 2. The molecule has 1 aromatic rings. The summed E-state index contributed by atoms with van der Waals surface area (Å²) in [5, 5.41) is 1.58. The second kappa shape index (κ2) is 10.1. The minimum Gasteiger partial charge on any atom is -0.444 e. The number of Topliss-reactive ketones (excluding diaryl/α,β-unsaturated/α-hetero) is 1. The number of halogens is 1. The standard InChI is InChI=1S/C21H30FN5O4/c1-15(28)4-6-17-13-26(21(30)31-17)16-5-7-19(18(22)12-16)25-9-8-23-27(11-10-25)20(29)14-24(2)3/h5,7,12,17,23H,4,6,8-11,13-14H2,1-3H3/t17-/m0/s1. The van der Waals surface area contributed by atoms with E-state index in [2.05, 4.69) is 5.43 Å². The SMILES string of the molecule is CC(=O)CC[C@H]1CN(c2ccc(N3CCNN(C(=O)CN(C)C)CC3)c(F)c2)C(=O)O1. The third kappa shape index (κ3) is 5.92. The van der Waals surface area contributed by atoms with Crippen LogP contribution in [-0.2, 0) is 14.3 Å². The molecule has 0 saturated carbocycles. The number of ketones is 1. The van der Waals surface area contributed by atoms with Crippen molar-refractivity contribution in [2.45, 2.75) is 25.9 Å². The number of likely N-dealkylation sites (N-methyl/N-ethyl adjacent to an activating group) is 1. The van der Waals surface area contributed by atoms with Crippen LogP contribution in [0.25, 0.3) is 0 Å². The molecule has 0 bridgehead atoms. The van der Waals surface area contributed by atoms with Crippen LogP contribution in [0.15, 0.2) is 18.2 Å². The first-order valence-corrected chi connectivity index (χ1v) is 10.4. The Balaban J connectivity index is 1.64. The van der Waals surface area contributed by atoms with E-state index in [0.717, 1.165) is 0 Å². The van der Waals surface area contributed by atoms with Crippen molar-refractivity contribution in [2.75, 3.05) is 63.2 Å². The van der Waals surface area contributed by atoms with Crippen LogP contribution in [0.5, 0.6) is 0 Å². The highest BCUT2D eigenvalue weighted by Gasteiger charge is 2.33.